The Hall–Kier alpha value is -1.34. The van der Waals surface area contributed by atoms with E-state index in [0.717, 1.165) is 30.3 Å². The van der Waals surface area contributed by atoms with Gasteiger partial charge in [0.15, 0.2) is 0 Å². The molecule has 1 aromatic heterocycles. The van der Waals surface area contributed by atoms with Crippen molar-refractivity contribution in [3.63, 3.8) is 0 Å². The summed E-state index contributed by atoms with van der Waals surface area (Å²) < 4.78 is 0. The average Bonchev–Trinajstić information content (AvgIpc) is 2.93. The third-order valence-corrected chi connectivity index (χ3v) is 5.44. The molecule has 1 aliphatic heterocycles. The number of carbonyl (C=O) groups excluding carboxylic acids is 1. The molecule has 1 saturated carbocycles. The molecule has 0 radical (unpaired) electrons. The third-order valence-electron chi connectivity index (χ3n) is 5.44. The minimum absolute atomic E-state index is 0. The first-order valence-corrected chi connectivity index (χ1v) is 9.80. The van der Waals surface area contributed by atoms with Crippen LogP contribution in [0.4, 0.5) is 5.82 Å². The predicted molar refractivity (Wildman–Crippen MR) is 117 cm³/mol. The molecule has 6 nitrogen and oxygen atoms in total. The molecule has 2 aliphatic rings. The highest BCUT2D eigenvalue weighted by atomic mass is 35.5. The van der Waals surface area contributed by atoms with Crippen LogP contribution in [0.1, 0.15) is 50.5 Å². The topological polar surface area (TPSA) is 77.5 Å². The molecule has 1 atom stereocenters. The fourth-order valence-electron chi connectivity index (χ4n) is 4.04. The smallest absolute Gasteiger partial charge is 0.267 e. The van der Waals surface area contributed by atoms with E-state index in [4.69, 9.17) is 5.21 Å². The summed E-state index contributed by atoms with van der Waals surface area (Å²) in [5.74, 6) is 1.21. The van der Waals surface area contributed by atoms with Crippen molar-refractivity contribution in [2.24, 2.45) is 5.92 Å². The summed E-state index contributed by atoms with van der Waals surface area (Å²) in [6.07, 6.45) is 14.2. The van der Waals surface area contributed by atoms with Crippen LogP contribution in [-0.4, -0.2) is 46.7 Å². The van der Waals surface area contributed by atoms with Gasteiger partial charge in [-0.05, 0) is 49.0 Å². The van der Waals surface area contributed by atoms with Crippen molar-refractivity contribution in [2.45, 2.75) is 51.0 Å². The van der Waals surface area contributed by atoms with Crippen molar-refractivity contribution in [3.8, 4) is 0 Å². The molecule has 0 unspecified atom stereocenters. The normalized spacial score (nSPS) is 20.8. The fraction of sp³-hybridized carbons (Fsp3) is 0.600. The largest absolute Gasteiger partial charge is 0.366 e. The number of nitrogens with one attached hydrogen (secondary N) is 2. The van der Waals surface area contributed by atoms with Crippen LogP contribution in [0.15, 0.2) is 24.4 Å². The molecule has 2 heterocycles. The summed E-state index contributed by atoms with van der Waals surface area (Å²) in [7, 11) is 0. The zero-order valence-corrected chi connectivity index (χ0v) is 17.8. The monoisotopic (exact) mass is 430 g/mol. The van der Waals surface area contributed by atoms with Gasteiger partial charge in [-0.1, -0.05) is 25.7 Å². The molecule has 0 bridgehead atoms. The lowest BCUT2D eigenvalue weighted by Gasteiger charge is -2.22. The number of halogens is 2. The Bertz CT molecular complexity index is 605. The van der Waals surface area contributed by atoms with Crippen LogP contribution in [-0.2, 0) is 4.79 Å². The molecule has 1 saturated heterocycles. The number of rotatable bonds is 6. The molecule has 158 valence electrons. The lowest BCUT2D eigenvalue weighted by molar-refractivity contribution is -0.124. The molecule has 1 aromatic rings. The summed E-state index contributed by atoms with van der Waals surface area (Å²) >= 11 is 0. The maximum Gasteiger partial charge on any atom is 0.267 e. The molecule has 1 amide bonds. The van der Waals surface area contributed by atoms with Crippen LogP contribution in [0.3, 0.4) is 0 Å². The average molecular weight is 431 g/mol. The lowest BCUT2D eigenvalue weighted by atomic mass is 10.00. The Morgan fingerprint density at radius 2 is 1.93 bits per heavy atom. The van der Waals surface area contributed by atoms with Crippen molar-refractivity contribution in [1.82, 2.24) is 15.4 Å². The van der Waals surface area contributed by atoms with E-state index in [0.29, 0.717) is 6.04 Å². The zero-order chi connectivity index (χ0) is 18.2. The minimum Gasteiger partial charge on any atom is -0.366 e. The summed E-state index contributed by atoms with van der Waals surface area (Å²) in [6, 6.07) is 4.30. The van der Waals surface area contributed by atoms with Crippen LogP contribution in [0.25, 0.3) is 6.08 Å². The molecule has 0 aromatic carbocycles. The third kappa shape index (κ3) is 7.95. The Balaban J connectivity index is 0.00000196. The standard InChI is InChI=1S/C20H30N4O2.2ClH/c25-20(23-26)10-8-16-7-9-19(21-13-16)22-18-11-12-24(15-18)14-17-5-3-1-2-4-6-17;;/h7-10,13,17-18,26H,1-6,11-12,14-15H2,(H,21,22)(H,23,25);2*1H/b10-8+;;/t18-;;/m1../s1. The number of likely N-dealkylation sites (tertiary alicyclic amines) is 1. The van der Waals surface area contributed by atoms with Gasteiger partial charge < -0.3 is 10.2 Å². The Morgan fingerprint density at radius 1 is 1.18 bits per heavy atom. The Kier molecular flexibility index (Phi) is 11.5. The van der Waals surface area contributed by atoms with Gasteiger partial charge in [-0.15, -0.1) is 24.8 Å². The van der Waals surface area contributed by atoms with Gasteiger partial charge in [-0.2, -0.15) is 0 Å². The van der Waals surface area contributed by atoms with E-state index < -0.39 is 5.91 Å². The van der Waals surface area contributed by atoms with Crippen molar-refractivity contribution in [1.29, 1.82) is 0 Å². The molecular formula is C20H32Cl2N4O2. The first-order chi connectivity index (χ1) is 12.7. The van der Waals surface area contributed by atoms with Crippen LogP contribution in [0.2, 0.25) is 0 Å². The molecule has 2 fully saturated rings. The molecule has 8 heteroatoms. The Morgan fingerprint density at radius 3 is 2.57 bits per heavy atom. The van der Waals surface area contributed by atoms with Crippen molar-refractivity contribution in [3.05, 3.63) is 30.0 Å². The highest BCUT2D eigenvalue weighted by Crippen LogP contribution is 2.25. The highest BCUT2D eigenvalue weighted by molar-refractivity contribution is 5.90. The number of hydroxylamine groups is 1. The second-order valence-electron chi connectivity index (χ2n) is 7.53. The number of anilines is 1. The van der Waals surface area contributed by atoms with Gasteiger partial charge in [0.25, 0.3) is 5.91 Å². The highest BCUT2D eigenvalue weighted by Gasteiger charge is 2.25. The zero-order valence-electron chi connectivity index (χ0n) is 16.2. The first kappa shape index (κ1) is 24.7. The molecule has 3 N–H and O–H groups in total. The van der Waals surface area contributed by atoms with Crippen molar-refractivity contribution < 1.29 is 10.0 Å². The van der Waals surface area contributed by atoms with Crippen molar-refractivity contribution >= 4 is 42.6 Å². The number of pyridine rings is 1. The second-order valence-corrected chi connectivity index (χ2v) is 7.53. The van der Waals surface area contributed by atoms with Crippen LogP contribution in [0, 0.1) is 5.92 Å². The van der Waals surface area contributed by atoms with Crippen molar-refractivity contribution in [2.75, 3.05) is 25.0 Å². The van der Waals surface area contributed by atoms with E-state index in [9.17, 15) is 4.79 Å². The summed E-state index contributed by atoms with van der Waals surface area (Å²) in [5, 5.41) is 12.0. The van der Waals surface area contributed by atoms with Gasteiger partial charge >= 0.3 is 0 Å². The summed E-state index contributed by atoms with van der Waals surface area (Å²) in [6.45, 7) is 3.52. The van der Waals surface area contributed by atoms with E-state index >= 15 is 0 Å². The number of aromatic nitrogens is 1. The van der Waals surface area contributed by atoms with Gasteiger partial charge in [0.1, 0.15) is 5.82 Å². The molecule has 1 aliphatic carbocycles. The molecule has 28 heavy (non-hydrogen) atoms. The van der Waals surface area contributed by atoms with E-state index in [2.05, 4.69) is 15.2 Å². The maximum atomic E-state index is 11.0. The quantitative estimate of drug-likeness (QED) is 0.276. The number of carbonyl (C=O) groups is 1. The van der Waals surface area contributed by atoms with Gasteiger partial charge in [0.2, 0.25) is 0 Å². The summed E-state index contributed by atoms with van der Waals surface area (Å²) in [5.41, 5.74) is 2.39. The Labute approximate surface area is 179 Å². The number of hydrogen-bond donors (Lipinski definition) is 3. The van der Waals surface area contributed by atoms with Gasteiger partial charge in [-0.25, -0.2) is 10.5 Å². The molecular weight excluding hydrogens is 399 g/mol. The number of amides is 1. The molecule has 3 rings (SSSR count). The SMILES string of the molecule is Cl.Cl.O=C(/C=C/c1ccc(N[C@@H]2CCN(CC3CCCCCC3)C2)nc1)NO. The van der Waals surface area contributed by atoms with E-state index in [-0.39, 0.29) is 24.8 Å². The van der Waals surface area contributed by atoms with Gasteiger partial charge in [0.05, 0.1) is 0 Å². The van der Waals surface area contributed by atoms with Gasteiger partial charge in [-0.3, -0.25) is 10.0 Å². The fourth-order valence-corrected chi connectivity index (χ4v) is 4.04. The lowest BCUT2D eigenvalue weighted by Crippen LogP contribution is -2.30. The molecule has 0 spiro atoms. The second kappa shape index (κ2) is 13.0. The summed E-state index contributed by atoms with van der Waals surface area (Å²) in [4.78, 5) is 18.0. The van der Waals surface area contributed by atoms with Crippen LogP contribution < -0.4 is 10.8 Å². The van der Waals surface area contributed by atoms with E-state index in [1.165, 1.54) is 57.7 Å². The predicted octanol–water partition coefficient (Wildman–Crippen LogP) is 3.90. The van der Waals surface area contributed by atoms with Crippen LogP contribution in [0.5, 0.6) is 0 Å². The van der Waals surface area contributed by atoms with E-state index in [1.807, 2.05) is 12.1 Å². The van der Waals surface area contributed by atoms with E-state index in [1.54, 1.807) is 17.8 Å². The van der Waals surface area contributed by atoms with Gasteiger partial charge in [0, 0.05) is 37.9 Å². The number of nitrogens with zero attached hydrogens (tertiary/aromatic N) is 2. The first-order valence-electron chi connectivity index (χ1n) is 9.80. The minimum atomic E-state index is -0.549. The maximum absolute atomic E-state index is 11.0. The number of hydrogen-bond acceptors (Lipinski definition) is 5. The van der Waals surface area contributed by atoms with Crippen LogP contribution >= 0.6 is 24.8 Å².